The van der Waals surface area contributed by atoms with Gasteiger partial charge < -0.3 is 23.7 Å². The van der Waals surface area contributed by atoms with E-state index in [-0.39, 0.29) is 17.5 Å². The van der Waals surface area contributed by atoms with Gasteiger partial charge in [-0.3, -0.25) is 24.0 Å². The maximum atomic E-state index is 13.5. The topological polar surface area (TPSA) is 127 Å². The molecule has 2 amide bonds. The van der Waals surface area contributed by atoms with E-state index in [1.807, 2.05) is 35.2 Å². The Morgan fingerprint density at radius 1 is 1.00 bits per heavy atom. The number of nitrogens with zero attached hydrogens (tertiary/aromatic N) is 4. The van der Waals surface area contributed by atoms with Crippen molar-refractivity contribution in [3.05, 3.63) is 78.1 Å². The number of amides is 2. The molecule has 1 atom stereocenters. The summed E-state index contributed by atoms with van der Waals surface area (Å²) in [6.45, 7) is 3.21. The Hall–Kier alpha value is -3.89. The molecule has 2 aromatic heterocycles. The zero-order valence-corrected chi connectivity index (χ0v) is 23.3. The lowest BCUT2D eigenvalue weighted by molar-refractivity contribution is -0.114. The molecule has 1 aliphatic heterocycles. The van der Waals surface area contributed by atoms with E-state index in [4.69, 9.17) is 13.5 Å². The molecular formula is C28H30N5O6P. The van der Waals surface area contributed by atoms with Gasteiger partial charge in [0, 0.05) is 64.8 Å². The van der Waals surface area contributed by atoms with Gasteiger partial charge in [0.1, 0.15) is 17.0 Å². The number of nitrogens with one attached hydrogen (secondary N) is 1. The van der Waals surface area contributed by atoms with Crippen LogP contribution in [-0.2, 0) is 18.4 Å². The molecule has 0 aliphatic carbocycles. The number of hydrogen-bond donors (Lipinski definition) is 1. The number of aromatic nitrogens is 2. The Labute approximate surface area is 231 Å². The molecule has 5 rings (SSSR count). The lowest BCUT2D eigenvalue weighted by atomic mass is 10.1. The number of hydrogen-bond acceptors (Lipinski definition) is 9. The van der Waals surface area contributed by atoms with Gasteiger partial charge in [-0.1, -0.05) is 30.3 Å². The van der Waals surface area contributed by atoms with Crippen molar-refractivity contribution >= 4 is 36.2 Å². The summed E-state index contributed by atoms with van der Waals surface area (Å²) in [6, 6.07) is 18.0. The minimum atomic E-state index is -3.47. The van der Waals surface area contributed by atoms with Crippen LogP contribution in [0.5, 0.6) is 0 Å². The molecule has 1 fully saturated rings. The minimum Gasteiger partial charge on any atom is -0.436 e. The number of benzene rings is 2. The molecule has 1 N–H and O–H groups in total. The zero-order valence-electron chi connectivity index (χ0n) is 22.4. The predicted octanol–water partition coefficient (Wildman–Crippen LogP) is 4.79. The number of carbonyl (C=O) groups excluding carboxylic acids is 2. The number of anilines is 1. The minimum absolute atomic E-state index is 0.178. The van der Waals surface area contributed by atoms with E-state index in [1.54, 1.807) is 41.4 Å². The Bertz CT molecular complexity index is 1560. The van der Waals surface area contributed by atoms with Gasteiger partial charge in [0.25, 0.3) is 5.91 Å². The standard InChI is InChI=1S/C28H30N5O6P/c1-19(34)30-22-9-10-25-23(18-22)31-26(39-25)21-11-12-29-24(17-21)27(35)32-13-15-33(16-14-32)28(40(36,37-2)38-3)20-7-5-4-6-8-20/h4-12,17-18,28H,13-16H2,1-3H3,(H,30,34). The smallest absolute Gasteiger partial charge is 0.351 e. The Kier molecular flexibility index (Phi) is 8.09. The van der Waals surface area contributed by atoms with Gasteiger partial charge in [0.2, 0.25) is 11.8 Å². The van der Waals surface area contributed by atoms with Crippen molar-refractivity contribution in [1.82, 2.24) is 19.8 Å². The molecule has 11 nitrogen and oxygen atoms in total. The van der Waals surface area contributed by atoms with Crippen LogP contribution in [0.3, 0.4) is 0 Å². The van der Waals surface area contributed by atoms with Crippen LogP contribution in [0.25, 0.3) is 22.6 Å². The van der Waals surface area contributed by atoms with Crippen molar-refractivity contribution < 1.29 is 27.6 Å². The number of oxazole rings is 1. The van der Waals surface area contributed by atoms with Crippen LogP contribution in [-0.4, -0.2) is 72.0 Å². The fourth-order valence-electron chi connectivity index (χ4n) is 4.84. The summed E-state index contributed by atoms with van der Waals surface area (Å²) in [5.74, 6) is -0.642. The van der Waals surface area contributed by atoms with E-state index in [9.17, 15) is 14.2 Å². The molecule has 1 aliphatic rings. The van der Waals surface area contributed by atoms with E-state index in [0.717, 1.165) is 5.56 Å². The largest absolute Gasteiger partial charge is 0.436 e. The van der Waals surface area contributed by atoms with Gasteiger partial charge in [0.05, 0.1) is 0 Å². The third-order valence-electron chi connectivity index (χ3n) is 6.79. The fraction of sp³-hybridized carbons (Fsp3) is 0.286. The Balaban J connectivity index is 1.32. The lowest BCUT2D eigenvalue weighted by Gasteiger charge is -2.40. The van der Waals surface area contributed by atoms with Crippen LogP contribution in [0.2, 0.25) is 0 Å². The lowest BCUT2D eigenvalue weighted by Crippen LogP contribution is -2.49. The zero-order chi connectivity index (χ0) is 28.3. The van der Waals surface area contributed by atoms with Crippen LogP contribution in [0, 0.1) is 0 Å². The summed E-state index contributed by atoms with van der Waals surface area (Å²) in [4.78, 5) is 37.4. The average Bonchev–Trinajstić information content (AvgIpc) is 3.41. The maximum Gasteiger partial charge on any atom is 0.351 e. The predicted molar refractivity (Wildman–Crippen MR) is 150 cm³/mol. The second-order valence-electron chi connectivity index (χ2n) is 9.33. The van der Waals surface area contributed by atoms with Crippen molar-refractivity contribution in [3.8, 4) is 11.5 Å². The summed E-state index contributed by atoms with van der Waals surface area (Å²) in [5.41, 5.74) is 3.46. The molecule has 0 saturated carbocycles. The van der Waals surface area contributed by atoms with Gasteiger partial charge in [-0.15, -0.1) is 0 Å². The number of piperazine rings is 1. The van der Waals surface area contributed by atoms with Crippen molar-refractivity contribution in [3.63, 3.8) is 0 Å². The third-order valence-corrected chi connectivity index (χ3v) is 9.03. The van der Waals surface area contributed by atoms with E-state index in [0.29, 0.717) is 54.4 Å². The molecule has 1 unspecified atom stereocenters. The monoisotopic (exact) mass is 563 g/mol. The van der Waals surface area contributed by atoms with Crippen LogP contribution in [0.4, 0.5) is 5.69 Å². The number of fused-ring (bicyclic) bond motifs is 1. The molecule has 208 valence electrons. The number of rotatable bonds is 8. The summed E-state index contributed by atoms with van der Waals surface area (Å²) >= 11 is 0. The Morgan fingerprint density at radius 3 is 2.40 bits per heavy atom. The van der Waals surface area contributed by atoms with Crippen molar-refractivity contribution in [2.24, 2.45) is 0 Å². The van der Waals surface area contributed by atoms with E-state index in [1.165, 1.54) is 21.1 Å². The molecule has 3 heterocycles. The first kappa shape index (κ1) is 27.7. The normalized spacial score (nSPS) is 15.2. The van der Waals surface area contributed by atoms with Gasteiger partial charge in [-0.25, -0.2) is 4.98 Å². The maximum absolute atomic E-state index is 13.5. The molecule has 0 bridgehead atoms. The van der Waals surface area contributed by atoms with Gasteiger partial charge in [0.15, 0.2) is 5.58 Å². The van der Waals surface area contributed by atoms with Crippen molar-refractivity contribution in [2.75, 3.05) is 45.7 Å². The molecule has 0 spiro atoms. The highest BCUT2D eigenvalue weighted by molar-refractivity contribution is 7.54. The highest BCUT2D eigenvalue weighted by Crippen LogP contribution is 2.61. The summed E-state index contributed by atoms with van der Waals surface area (Å²) < 4.78 is 30.1. The highest BCUT2D eigenvalue weighted by Gasteiger charge is 2.41. The summed E-state index contributed by atoms with van der Waals surface area (Å²) in [7, 11) is -0.702. The third kappa shape index (κ3) is 5.68. The van der Waals surface area contributed by atoms with Crippen LogP contribution in [0.1, 0.15) is 28.8 Å². The van der Waals surface area contributed by atoms with E-state index in [2.05, 4.69) is 15.3 Å². The molecule has 4 aromatic rings. The van der Waals surface area contributed by atoms with Crippen LogP contribution < -0.4 is 5.32 Å². The molecule has 12 heteroatoms. The van der Waals surface area contributed by atoms with Gasteiger partial charge >= 0.3 is 7.60 Å². The summed E-state index contributed by atoms with van der Waals surface area (Å²) in [6.07, 6.45) is 1.55. The van der Waals surface area contributed by atoms with E-state index < -0.39 is 13.4 Å². The number of carbonyl (C=O) groups is 2. The average molecular weight is 564 g/mol. The molecule has 0 radical (unpaired) electrons. The molecule has 40 heavy (non-hydrogen) atoms. The first-order valence-electron chi connectivity index (χ1n) is 12.8. The number of pyridine rings is 1. The highest BCUT2D eigenvalue weighted by atomic mass is 31.2. The fourth-order valence-corrected chi connectivity index (χ4v) is 6.55. The van der Waals surface area contributed by atoms with Crippen LogP contribution in [0.15, 0.2) is 71.3 Å². The first-order chi connectivity index (χ1) is 19.3. The Morgan fingerprint density at radius 2 is 1.73 bits per heavy atom. The van der Waals surface area contributed by atoms with Crippen molar-refractivity contribution in [1.29, 1.82) is 0 Å². The first-order valence-corrected chi connectivity index (χ1v) is 14.4. The SMILES string of the molecule is COP(=O)(OC)C(c1ccccc1)N1CCN(C(=O)c2cc(-c3nc4cc(NC(C)=O)ccc4o3)ccn2)CC1. The second kappa shape index (κ2) is 11.7. The van der Waals surface area contributed by atoms with Crippen molar-refractivity contribution in [2.45, 2.75) is 12.7 Å². The molecule has 2 aromatic carbocycles. The molecular weight excluding hydrogens is 533 g/mol. The van der Waals surface area contributed by atoms with Gasteiger partial charge in [-0.05, 0) is 35.9 Å². The van der Waals surface area contributed by atoms with Crippen LogP contribution >= 0.6 is 7.60 Å². The second-order valence-corrected chi connectivity index (χ2v) is 11.6. The summed E-state index contributed by atoms with van der Waals surface area (Å²) in [5, 5.41) is 2.73. The van der Waals surface area contributed by atoms with Gasteiger partial charge in [-0.2, -0.15) is 0 Å². The quantitative estimate of drug-likeness (QED) is 0.301. The van der Waals surface area contributed by atoms with E-state index >= 15 is 0 Å². The molecule has 1 saturated heterocycles.